The summed E-state index contributed by atoms with van der Waals surface area (Å²) >= 11 is 5.32. The second-order valence-electron chi connectivity index (χ2n) is 8.69. The number of carbonyl (C=O) groups is 1. The molecule has 4 aliphatic rings. The number of hydrogen-bond acceptors (Lipinski definition) is 2. The predicted molar refractivity (Wildman–Crippen MR) is 88.9 cm³/mol. The van der Waals surface area contributed by atoms with Crippen LogP contribution in [0.1, 0.15) is 65.7 Å². The first-order chi connectivity index (χ1) is 9.76. The van der Waals surface area contributed by atoms with Crippen LogP contribution in [0.3, 0.4) is 0 Å². The van der Waals surface area contributed by atoms with Gasteiger partial charge in [-0.15, -0.1) is 0 Å². The molecule has 2 N–H and O–H groups in total. The summed E-state index contributed by atoms with van der Waals surface area (Å²) in [6.45, 7) is 6.17. The molecule has 118 valence electrons. The third kappa shape index (κ3) is 3.25. The fourth-order valence-electron chi connectivity index (χ4n) is 5.05. The zero-order valence-corrected chi connectivity index (χ0v) is 14.3. The molecule has 2 atom stereocenters. The fraction of sp³-hybridized carbons (Fsp3) is 0.882. The topological polar surface area (TPSA) is 41.1 Å². The minimum absolute atomic E-state index is 0.109. The van der Waals surface area contributed by atoms with Crippen molar-refractivity contribution in [1.82, 2.24) is 10.6 Å². The highest BCUT2D eigenvalue weighted by molar-refractivity contribution is 7.80. The Bertz CT molecular complexity index is 440. The van der Waals surface area contributed by atoms with E-state index in [1.54, 1.807) is 0 Å². The van der Waals surface area contributed by atoms with Gasteiger partial charge in [0, 0.05) is 5.54 Å². The highest BCUT2D eigenvalue weighted by atomic mass is 32.1. The van der Waals surface area contributed by atoms with E-state index in [0.29, 0.717) is 5.11 Å². The van der Waals surface area contributed by atoms with Crippen LogP contribution >= 0.6 is 12.2 Å². The number of fused-ring (bicyclic) bond motifs is 1. The molecule has 3 nitrogen and oxygen atoms in total. The SMILES string of the molecule is CC(C)(C)NC(=S)NC(=O)C12CCC3C[C@@H](C[C@H](C3)C1)C2. The summed E-state index contributed by atoms with van der Waals surface area (Å²) < 4.78 is 0. The molecule has 0 aliphatic heterocycles. The summed E-state index contributed by atoms with van der Waals surface area (Å²) in [5.41, 5.74) is -0.245. The van der Waals surface area contributed by atoms with Crippen molar-refractivity contribution in [3.05, 3.63) is 0 Å². The minimum atomic E-state index is -0.136. The lowest BCUT2D eigenvalue weighted by atomic mass is 9.61. The number of amides is 1. The summed E-state index contributed by atoms with van der Waals surface area (Å²) in [5, 5.41) is 6.68. The molecule has 0 spiro atoms. The molecule has 21 heavy (non-hydrogen) atoms. The smallest absolute Gasteiger partial charge is 0.232 e. The zero-order chi connectivity index (χ0) is 15.3. The average molecular weight is 308 g/mol. The normalized spacial score (nSPS) is 38.0. The molecule has 0 aromatic rings. The Morgan fingerprint density at radius 3 is 2.24 bits per heavy atom. The Hall–Kier alpha value is -0.640. The standard InChI is InChI=1S/C17H28N2OS/c1-16(2,3)19-15(21)18-14(20)17-5-4-11-6-12(9-17)8-13(7-11)10-17/h11-13H,4-10H2,1-3H3,(H2,18,19,20,21)/t11?,12-,13-,17?/m0/s1. The van der Waals surface area contributed by atoms with E-state index in [4.69, 9.17) is 12.2 Å². The highest BCUT2D eigenvalue weighted by Gasteiger charge is 2.51. The van der Waals surface area contributed by atoms with Crippen molar-refractivity contribution in [2.75, 3.05) is 0 Å². The second kappa shape index (κ2) is 5.22. The zero-order valence-electron chi connectivity index (χ0n) is 13.5. The van der Waals surface area contributed by atoms with Gasteiger partial charge in [0.2, 0.25) is 5.91 Å². The van der Waals surface area contributed by atoms with Gasteiger partial charge in [0.05, 0.1) is 5.41 Å². The summed E-state index contributed by atoms with van der Waals surface area (Å²) in [4.78, 5) is 12.9. The van der Waals surface area contributed by atoms with E-state index in [1.807, 2.05) is 0 Å². The molecule has 0 aromatic heterocycles. The van der Waals surface area contributed by atoms with E-state index in [1.165, 1.54) is 25.7 Å². The van der Waals surface area contributed by atoms with Gasteiger partial charge >= 0.3 is 0 Å². The van der Waals surface area contributed by atoms with Crippen LogP contribution in [0.5, 0.6) is 0 Å². The lowest BCUT2D eigenvalue weighted by Gasteiger charge is -2.44. The van der Waals surface area contributed by atoms with Crippen LogP contribution in [-0.2, 0) is 4.79 Å². The van der Waals surface area contributed by atoms with Crippen molar-refractivity contribution in [2.24, 2.45) is 23.2 Å². The van der Waals surface area contributed by atoms with Crippen molar-refractivity contribution in [3.63, 3.8) is 0 Å². The van der Waals surface area contributed by atoms with Gasteiger partial charge in [0.1, 0.15) is 0 Å². The van der Waals surface area contributed by atoms with Crippen molar-refractivity contribution in [1.29, 1.82) is 0 Å². The maximum Gasteiger partial charge on any atom is 0.232 e. The van der Waals surface area contributed by atoms with Crippen LogP contribution in [0.25, 0.3) is 0 Å². The van der Waals surface area contributed by atoms with Gasteiger partial charge in [-0.1, -0.05) is 0 Å². The number of nitrogens with one attached hydrogen (secondary N) is 2. The number of rotatable bonds is 1. The predicted octanol–water partition coefficient (Wildman–Crippen LogP) is 3.38. The summed E-state index contributed by atoms with van der Waals surface area (Å²) in [6, 6.07) is 0. The first-order valence-electron chi connectivity index (χ1n) is 8.39. The van der Waals surface area contributed by atoms with Gasteiger partial charge in [0.15, 0.2) is 5.11 Å². The van der Waals surface area contributed by atoms with E-state index in [9.17, 15) is 4.79 Å². The fourth-order valence-corrected chi connectivity index (χ4v) is 5.45. The van der Waals surface area contributed by atoms with Gasteiger partial charge in [-0.3, -0.25) is 4.79 Å². The molecule has 0 heterocycles. The first kappa shape index (κ1) is 15.3. The largest absolute Gasteiger partial charge is 0.358 e. The molecule has 1 amide bonds. The molecule has 0 saturated heterocycles. The number of carbonyl (C=O) groups excluding carboxylic acids is 1. The Labute approximate surface area is 133 Å². The molecule has 4 aliphatic carbocycles. The quantitative estimate of drug-likeness (QED) is 0.730. The molecule has 4 heteroatoms. The first-order valence-corrected chi connectivity index (χ1v) is 8.80. The third-order valence-electron chi connectivity index (χ3n) is 5.59. The van der Waals surface area contributed by atoms with E-state index in [-0.39, 0.29) is 16.9 Å². The van der Waals surface area contributed by atoms with Crippen molar-refractivity contribution >= 4 is 23.2 Å². The van der Waals surface area contributed by atoms with Gasteiger partial charge in [-0.05, 0) is 95.7 Å². The van der Waals surface area contributed by atoms with E-state index >= 15 is 0 Å². The van der Waals surface area contributed by atoms with Crippen LogP contribution in [0.15, 0.2) is 0 Å². The van der Waals surface area contributed by atoms with Crippen molar-refractivity contribution < 1.29 is 4.79 Å². The maximum absolute atomic E-state index is 12.9. The molecular weight excluding hydrogens is 280 g/mol. The van der Waals surface area contributed by atoms with E-state index < -0.39 is 0 Å². The average Bonchev–Trinajstić information content (AvgIpc) is 2.52. The van der Waals surface area contributed by atoms with Crippen molar-refractivity contribution in [3.8, 4) is 0 Å². The van der Waals surface area contributed by atoms with Crippen molar-refractivity contribution in [2.45, 2.75) is 71.3 Å². The lowest BCUT2D eigenvalue weighted by Crippen LogP contribution is -2.53. The Morgan fingerprint density at radius 2 is 1.67 bits per heavy atom. The highest BCUT2D eigenvalue weighted by Crippen LogP contribution is 2.57. The second-order valence-corrected chi connectivity index (χ2v) is 9.10. The maximum atomic E-state index is 12.9. The minimum Gasteiger partial charge on any atom is -0.358 e. The van der Waals surface area contributed by atoms with Gasteiger partial charge in [-0.25, -0.2) is 0 Å². The Kier molecular flexibility index (Phi) is 3.79. The molecule has 0 unspecified atom stereocenters. The van der Waals surface area contributed by atoms with E-state index in [2.05, 4.69) is 31.4 Å². The van der Waals surface area contributed by atoms with Crippen LogP contribution in [0.2, 0.25) is 0 Å². The summed E-state index contributed by atoms with van der Waals surface area (Å²) in [6.07, 6.45) is 8.55. The van der Waals surface area contributed by atoms with Crippen LogP contribution in [0, 0.1) is 23.2 Å². The molecule has 4 saturated carbocycles. The van der Waals surface area contributed by atoms with E-state index in [0.717, 1.165) is 37.0 Å². The van der Waals surface area contributed by atoms with Crippen LogP contribution in [-0.4, -0.2) is 16.6 Å². The van der Waals surface area contributed by atoms with Gasteiger partial charge < -0.3 is 10.6 Å². The number of hydrogen-bond donors (Lipinski definition) is 2. The summed E-state index contributed by atoms with van der Waals surface area (Å²) in [7, 11) is 0. The Balaban J connectivity index is 1.70. The Morgan fingerprint density at radius 1 is 1.10 bits per heavy atom. The van der Waals surface area contributed by atoms with Gasteiger partial charge in [-0.2, -0.15) is 0 Å². The monoisotopic (exact) mass is 308 g/mol. The third-order valence-corrected chi connectivity index (χ3v) is 5.79. The molecule has 4 bridgehead atoms. The van der Waals surface area contributed by atoms with Gasteiger partial charge in [0.25, 0.3) is 0 Å². The lowest BCUT2D eigenvalue weighted by molar-refractivity contribution is -0.134. The van der Waals surface area contributed by atoms with Crippen LogP contribution in [0.4, 0.5) is 0 Å². The molecule has 4 rings (SSSR count). The van der Waals surface area contributed by atoms with Crippen LogP contribution < -0.4 is 10.6 Å². The summed E-state index contributed by atoms with van der Waals surface area (Å²) in [5.74, 6) is 2.62. The molecule has 0 aromatic carbocycles. The molecule has 4 fully saturated rings. The molecular formula is C17H28N2OS. The number of thiocarbonyl (C=S) groups is 1. The molecule has 0 radical (unpaired) electrons.